The van der Waals surface area contributed by atoms with Gasteiger partial charge in [0, 0.05) is 57.3 Å². The van der Waals surface area contributed by atoms with Crippen molar-refractivity contribution in [2.45, 2.75) is 13.0 Å². The smallest absolute Gasteiger partial charge is 0.193 e. The maximum absolute atomic E-state index is 4.90. The van der Waals surface area contributed by atoms with E-state index < -0.39 is 0 Å². The Morgan fingerprint density at radius 1 is 1.33 bits per heavy atom. The van der Waals surface area contributed by atoms with Gasteiger partial charge in [0.05, 0.1) is 9.48 Å². The first-order valence-electron chi connectivity index (χ1n) is 8.06. The van der Waals surface area contributed by atoms with Crippen molar-refractivity contribution in [1.82, 2.24) is 20.3 Å². The Morgan fingerprint density at radius 2 is 2.17 bits per heavy atom. The summed E-state index contributed by atoms with van der Waals surface area (Å²) in [4.78, 5) is 10.5. The lowest BCUT2D eigenvalue weighted by molar-refractivity contribution is 0.169. The molecule has 3 rings (SSSR count). The molecule has 2 aromatic rings. The zero-order valence-corrected chi connectivity index (χ0v) is 16.1. The van der Waals surface area contributed by atoms with E-state index in [1.165, 1.54) is 8.66 Å². The van der Waals surface area contributed by atoms with Crippen LogP contribution in [-0.4, -0.2) is 60.7 Å². The summed E-state index contributed by atoms with van der Waals surface area (Å²) < 4.78 is 6.08. The first-order chi connectivity index (χ1) is 11.7. The van der Waals surface area contributed by atoms with Gasteiger partial charge >= 0.3 is 0 Å². The van der Waals surface area contributed by atoms with Gasteiger partial charge in [-0.2, -0.15) is 0 Å². The van der Waals surface area contributed by atoms with E-state index in [-0.39, 0.29) is 0 Å². The fourth-order valence-electron chi connectivity index (χ4n) is 2.78. The predicted octanol–water partition coefficient (Wildman–Crippen LogP) is 2.43. The van der Waals surface area contributed by atoms with E-state index in [0.717, 1.165) is 57.3 Å². The van der Waals surface area contributed by atoms with E-state index in [1.807, 2.05) is 13.1 Å². The topological polar surface area (TPSA) is 56.9 Å². The Balaban J connectivity index is 1.42. The summed E-state index contributed by atoms with van der Waals surface area (Å²) in [6, 6.07) is 6.20. The van der Waals surface area contributed by atoms with E-state index in [4.69, 9.17) is 4.52 Å². The molecule has 0 saturated carbocycles. The predicted molar refractivity (Wildman–Crippen MR) is 100 cm³/mol. The van der Waals surface area contributed by atoms with Gasteiger partial charge in [-0.1, -0.05) is 5.16 Å². The molecule has 1 aliphatic rings. The van der Waals surface area contributed by atoms with Gasteiger partial charge in [-0.3, -0.25) is 9.89 Å². The second-order valence-electron chi connectivity index (χ2n) is 5.68. The number of nitrogens with zero attached hydrogens (tertiary/aromatic N) is 4. The molecule has 0 unspecified atom stereocenters. The first-order valence-corrected chi connectivity index (χ1v) is 9.67. The number of thiophene rings is 1. The largest absolute Gasteiger partial charge is 0.364 e. The molecule has 0 radical (unpaired) electrons. The molecule has 0 bridgehead atoms. The zero-order valence-electron chi connectivity index (χ0n) is 13.7. The highest BCUT2D eigenvalue weighted by Crippen LogP contribution is 2.22. The molecule has 8 heteroatoms. The molecule has 24 heavy (non-hydrogen) atoms. The van der Waals surface area contributed by atoms with E-state index in [9.17, 15) is 0 Å². The van der Waals surface area contributed by atoms with E-state index >= 15 is 0 Å². The monoisotopic (exact) mass is 411 g/mol. The van der Waals surface area contributed by atoms with Gasteiger partial charge in [-0.05, 0) is 34.5 Å². The van der Waals surface area contributed by atoms with Crippen LogP contribution in [0.25, 0.3) is 0 Å². The molecule has 130 valence electrons. The number of hydrogen-bond donors (Lipinski definition) is 1. The summed E-state index contributed by atoms with van der Waals surface area (Å²) >= 11 is 5.29. The van der Waals surface area contributed by atoms with Crippen LogP contribution in [0.3, 0.4) is 0 Å². The first kappa shape index (κ1) is 17.4. The van der Waals surface area contributed by atoms with Crippen molar-refractivity contribution in [2.75, 3.05) is 39.8 Å². The van der Waals surface area contributed by atoms with Gasteiger partial charge in [-0.25, -0.2) is 0 Å². The van der Waals surface area contributed by atoms with Crippen molar-refractivity contribution in [1.29, 1.82) is 0 Å². The van der Waals surface area contributed by atoms with Crippen LogP contribution in [0, 0.1) is 0 Å². The van der Waals surface area contributed by atoms with Gasteiger partial charge < -0.3 is 14.7 Å². The SMILES string of the molecule is CN=C(NCCc1ccc(Br)s1)N1CCN(Cc2ccon2)CC1. The van der Waals surface area contributed by atoms with Crippen molar-refractivity contribution in [3.63, 3.8) is 0 Å². The number of aliphatic imine (C=N–C) groups is 1. The summed E-state index contributed by atoms with van der Waals surface area (Å²) in [7, 11) is 1.85. The number of hydrogen-bond acceptors (Lipinski definition) is 5. The van der Waals surface area contributed by atoms with Crippen LogP contribution in [-0.2, 0) is 13.0 Å². The lowest BCUT2D eigenvalue weighted by Crippen LogP contribution is -2.52. The molecular weight excluding hydrogens is 390 g/mol. The maximum atomic E-state index is 4.90. The number of piperazine rings is 1. The average molecular weight is 412 g/mol. The van der Waals surface area contributed by atoms with E-state index in [0.29, 0.717) is 0 Å². The molecule has 0 aliphatic carbocycles. The quantitative estimate of drug-likeness (QED) is 0.604. The average Bonchev–Trinajstić information content (AvgIpc) is 3.24. The summed E-state index contributed by atoms with van der Waals surface area (Å²) in [5.41, 5.74) is 0.994. The number of guanidine groups is 1. The van der Waals surface area contributed by atoms with Gasteiger partial charge in [0.15, 0.2) is 5.96 Å². The lowest BCUT2D eigenvalue weighted by Gasteiger charge is -2.36. The van der Waals surface area contributed by atoms with Crippen molar-refractivity contribution >= 4 is 33.2 Å². The summed E-state index contributed by atoms with van der Waals surface area (Å²) in [5.74, 6) is 0.992. The minimum absolute atomic E-state index is 0.851. The van der Waals surface area contributed by atoms with Crippen molar-refractivity contribution < 1.29 is 4.52 Å². The van der Waals surface area contributed by atoms with Crippen LogP contribution in [0.2, 0.25) is 0 Å². The molecular formula is C16H22BrN5OS. The van der Waals surface area contributed by atoms with Crippen LogP contribution >= 0.6 is 27.3 Å². The summed E-state index contributed by atoms with van der Waals surface area (Å²) in [5, 5.41) is 7.46. The highest BCUT2D eigenvalue weighted by Gasteiger charge is 2.20. The Hall–Kier alpha value is -1.38. The molecule has 1 N–H and O–H groups in total. The van der Waals surface area contributed by atoms with Crippen LogP contribution in [0.4, 0.5) is 0 Å². The fraction of sp³-hybridized carbons (Fsp3) is 0.500. The van der Waals surface area contributed by atoms with Crippen LogP contribution in [0.1, 0.15) is 10.6 Å². The molecule has 1 fully saturated rings. The van der Waals surface area contributed by atoms with Gasteiger partial charge in [0.2, 0.25) is 0 Å². The van der Waals surface area contributed by atoms with Crippen LogP contribution in [0.5, 0.6) is 0 Å². The van der Waals surface area contributed by atoms with Crippen molar-refractivity contribution in [2.24, 2.45) is 4.99 Å². The minimum atomic E-state index is 0.851. The van der Waals surface area contributed by atoms with Crippen molar-refractivity contribution in [3.8, 4) is 0 Å². The zero-order chi connectivity index (χ0) is 16.8. The highest BCUT2D eigenvalue weighted by atomic mass is 79.9. The molecule has 6 nitrogen and oxygen atoms in total. The van der Waals surface area contributed by atoms with Gasteiger partial charge in [0.25, 0.3) is 0 Å². The molecule has 1 saturated heterocycles. The third-order valence-electron chi connectivity index (χ3n) is 4.04. The maximum Gasteiger partial charge on any atom is 0.193 e. The Kier molecular flexibility index (Phi) is 6.28. The molecule has 0 aromatic carbocycles. The van der Waals surface area contributed by atoms with Crippen LogP contribution < -0.4 is 5.32 Å². The molecule has 2 aromatic heterocycles. The lowest BCUT2D eigenvalue weighted by atomic mass is 10.3. The van der Waals surface area contributed by atoms with E-state index in [2.05, 4.69) is 53.3 Å². The molecule has 3 heterocycles. The van der Waals surface area contributed by atoms with Gasteiger partial charge in [-0.15, -0.1) is 11.3 Å². The second kappa shape index (κ2) is 8.64. The summed E-state index contributed by atoms with van der Waals surface area (Å²) in [6.45, 7) is 5.71. The molecule has 1 aliphatic heterocycles. The number of aromatic nitrogens is 1. The third kappa shape index (κ3) is 4.81. The Labute approximate surface area is 154 Å². The number of nitrogens with one attached hydrogen (secondary N) is 1. The number of rotatable bonds is 5. The molecule has 0 amide bonds. The Morgan fingerprint density at radius 3 is 2.79 bits per heavy atom. The minimum Gasteiger partial charge on any atom is -0.364 e. The second-order valence-corrected chi connectivity index (χ2v) is 8.23. The van der Waals surface area contributed by atoms with Gasteiger partial charge in [0.1, 0.15) is 6.26 Å². The normalized spacial score (nSPS) is 16.6. The molecule has 0 atom stereocenters. The highest BCUT2D eigenvalue weighted by molar-refractivity contribution is 9.11. The Bertz CT molecular complexity index is 649. The summed E-state index contributed by atoms with van der Waals surface area (Å²) in [6.07, 6.45) is 2.64. The van der Waals surface area contributed by atoms with Crippen LogP contribution in [0.15, 0.2) is 37.8 Å². The van der Waals surface area contributed by atoms with Crippen molar-refractivity contribution in [3.05, 3.63) is 38.8 Å². The molecule has 0 spiro atoms. The third-order valence-corrected chi connectivity index (χ3v) is 5.73. The number of halogens is 1. The standard InChI is InChI=1S/C16H22BrN5OS/c1-18-16(19-6-4-14-2-3-15(17)24-14)22-9-7-21(8-10-22)12-13-5-11-23-20-13/h2-3,5,11H,4,6-10,12H2,1H3,(H,18,19). The van der Waals surface area contributed by atoms with E-state index in [1.54, 1.807) is 17.6 Å². The fourth-order valence-corrected chi connectivity index (χ4v) is 4.26.